The van der Waals surface area contributed by atoms with Crippen molar-refractivity contribution in [1.82, 2.24) is 15.2 Å². The molecule has 1 aromatic heterocycles. The van der Waals surface area contributed by atoms with E-state index in [-0.39, 0.29) is 17.9 Å². The fraction of sp³-hybridized carbons (Fsp3) is 0.571. The maximum atomic E-state index is 12.5. The molecule has 2 amide bonds. The highest BCUT2D eigenvalue weighted by atomic mass is 16.6. The van der Waals surface area contributed by atoms with Crippen molar-refractivity contribution < 1.29 is 14.3 Å². The van der Waals surface area contributed by atoms with Crippen LogP contribution in [0.2, 0.25) is 0 Å². The standard InChI is InChI=1S/C21H31N3O3/c1-21(2,3)27-20(26)24(16-17-9-7-12-22-15-17)14-8-13-23-19(25)18-10-5-4-6-11-18/h4-5,7,9,12,15,18H,6,8,10-11,13-14,16H2,1-3H3,(H,23,25)/t18-/m1/s1. The average Bonchev–Trinajstić information content (AvgIpc) is 2.64. The number of pyridine rings is 1. The van der Waals surface area contributed by atoms with Gasteiger partial charge in [-0.2, -0.15) is 0 Å². The van der Waals surface area contributed by atoms with Crippen LogP contribution in [0.4, 0.5) is 4.79 Å². The van der Waals surface area contributed by atoms with Gasteiger partial charge in [-0.1, -0.05) is 18.2 Å². The summed E-state index contributed by atoms with van der Waals surface area (Å²) in [5.74, 6) is 0.183. The monoisotopic (exact) mass is 373 g/mol. The van der Waals surface area contributed by atoms with Gasteiger partial charge in [0.15, 0.2) is 0 Å². The van der Waals surface area contributed by atoms with Gasteiger partial charge in [0.2, 0.25) is 5.91 Å². The maximum absolute atomic E-state index is 12.5. The number of carbonyl (C=O) groups is 2. The van der Waals surface area contributed by atoms with Crippen LogP contribution >= 0.6 is 0 Å². The van der Waals surface area contributed by atoms with Crippen LogP contribution in [0.15, 0.2) is 36.7 Å². The molecule has 1 aliphatic carbocycles. The van der Waals surface area contributed by atoms with Crippen LogP contribution in [0.3, 0.4) is 0 Å². The van der Waals surface area contributed by atoms with Gasteiger partial charge >= 0.3 is 6.09 Å². The smallest absolute Gasteiger partial charge is 0.410 e. The molecule has 0 spiro atoms. The molecule has 1 aliphatic rings. The summed E-state index contributed by atoms with van der Waals surface area (Å²) in [5, 5.41) is 2.99. The first-order valence-electron chi connectivity index (χ1n) is 9.65. The quantitative estimate of drug-likeness (QED) is 0.584. The van der Waals surface area contributed by atoms with Crippen molar-refractivity contribution in [2.45, 2.75) is 58.6 Å². The number of rotatable bonds is 7. The molecule has 0 aromatic carbocycles. The molecule has 1 atom stereocenters. The predicted molar refractivity (Wildman–Crippen MR) is 105 cm³/mol. The average molecular weight is 373 g/mol. The lowest BCUT2D eigenvalue weighted by molar-refractivity contribution is -0.125. The Kier molecular flexibility index (Phi) is 7.82. The Morgan fingerprint density at radius 3 is 2.78 bits per heavy atom. The molecule has 1 N–H and O–H groups in total. The first-order chi connectivity index (χ1) is 12.8. The molecule has 0 saturated heterocycles. The highest BCUT2D eigenvalue weighted by Crippen LogP contribution is 2.18. The minimum atomic E-state index is -0.549. The number of allylic oxidation sites excluding steroid dienone is 2. The zero-order chi connectivity index (χ0) is 19.7. The van der Waals surface area contributed by atoms with Gasteiger partial charge in [-0.3, -0.25) is 9.78 Å². The zero-order valence-corrected chi connectivity index (χ0v) is 16.6. The highest BCUT2D eigenvalue weighted by Gasteiger charge is 2.22. The lowest BCUT2D eigenvalue weighted by atomic mass is 9.94. The third kappa shape index (κ3) is 7.81. The van der Waals surface area contributed by atoms with Crippen molar-refractivity contribution in [3.63, 3.8) is 0 Å². The largest absolute Gasteiger partial charge is 0.444 e. The topological polar surface area (TPSA) is 71.5 Å². The van der Waals surface area contributed by atoms with E-state index < -0.39 is 5.60 Å². The minimum Gasteiger partial charge on any atom is -0.444 e. The van der Waals surface area contributed by atoms with Gasteiger partial charge in [-0.25, -0.2) is 4.79 Å². The lowest BCUT2D eigenvalue weighted by Crippen LogP contribution is -2.38. The third-order valence-electron chi connectivity index (χ3n) is 4.29. The van der Waals surface area contributed by atoms with Crippen LogP contribution in [0.25, 0.3) is 0 Å². The molecule has 0 aliphatic heterocycles. The number of carbonyl (C=O) groups excluding carboxylic acids is 2. The Hall–Kier alpha value is -2.37. The summed E-state index contributed by atoms with van der Waals surface area (Å²) < 4.78 is 5.52. The van der Waals surface area contributed by atoms with E-state index in [9.17, 15) is 9.59 Å². The van der Waals surface area contributed by atoms with Gasteiger partial charge in [0, 0.05) is 31.4 Å². The van der Waals surface area contributed by atoms with E-state index in [2.05, 4.69) is 22.5 Å². The van der Waals surface area contributed by atoms with E-state index in [1.807, 2.05) is 32.9 Å². The fourth-order valence-electron chi connectivity index (χ4n) is 2.93. The number of ether oxygens (including phenoxy) is 1. The highest BCUT2D eigenvalue weighted by molar-refractivity contribution is 5.78. The third-order valence-corrected chi connectivity index (χ3v) is 4.29. The van der Waals surface area contributed by atoms with Crippen molar-refractivity contribution in [2.75, 3.05) is 13.1 Å². The van der Waals surface area contributed by atoms with E-state index in [0.717, 1.165) is 24.8 Å². The van der Waals surface area contributed by atoms with Gasteiger partial charge in [0.25, 0.3) is 0 Å². The normalized spacial score (nSPS) is 16.6. The Labute approximate surface area is 162 Å². The zero-order valence-electron chi connectivity index (χ0n) is 16.6. The molecule has 2 rings (SSSR count). The van der Waals surface area contributed by atoms with Crippen LogP contribution in [0.5, 0.6) is 0 Å². The molecule has 148 valence electrons. The number of hydrogen-bond acceptors (Lipinski definition) is 4. The summed E-state index contributed by atoms with van der Waals surface area (Å²) >= 11 is 0. The SMILES string of the molecule is CC(C)(C)OC(=O)N(CCCNC(=O)[C@@H]1CC=CCC1)Cc1cccnc1. The molecule has 6 heteroatoms. The van der Waals surface area contributed by atoms with E-state index in [1.165, 1.54) is 0 Å². The van der Waals surface area contributed by atoms with Gasteiger partial charge in [0.1, 0.15) is 5.60 Å². The van der Waals surface area contributed by atoms with Crippen molar-refractivity contribution in [3.05, 3.63) is 42.2 Å². The Morgan fingerprint density at radius 2 is 2.15 bits per heavy atom. The van der Waals surface area contributed by atoms with E-state index in [0.29, 0.717) is 26.1 Å². The minimum absolute atomic E-state index is 0.0763. The van der Waals surface area contributed by atoms with Crippen LogP contribution in [-0.2, 0) is 16.1 Å². The number of amides is 2. The van der Waals surface area contributed by atoms with Crippen molar-refractivity contribution in [2.24, 2.45) is 5.92 Å². The molecule has 0 unspecified atom stereocenters. The van der Waals surface area contributed by atoms with Crippen LogP contribution < -0.4 is 5.32 Å². The maximum Gasteiger partial charge on any atom is 0.410 e. The molecule has 0 bridgehead atoms. The van der Waals surface area contributed by atoms with Gasteiger partial charge in [-0.05, 0) is 58.1 Å². The summed E-state index contributed by atoms with van der Waals surface area (Å²) in [7, 11) is 0. The molecule has 6 nitrogen and oxygen atoms in total. The fourth-order valence-corrected chi connectivity index (χ4v) is 2.93. The predicted octanol–water partition coefficient (Wildman–Crippen LogP) is 3.68. The Balaban J connectivity index is 1.84. The van der Waals surface area contributed by atoms with Gasteiger partial charge < -0.3 is 15.0 Å². The first kappa shape index (κ1) is 20.9. The number of nitrogens with zero attached hydrogens (tertiary/aromatic N) is 2. The molecular weight excluding hydrogens is 342 g/mol. The van der Waals surface area contributed by atoms with Crippen LogP contribution in [0.1, 0.15) is 52.0 Å². The van der Waals surface area contributed by atoms with Gasteiger partial charge in [0.05, 0.1) is 6.54 Å². The molecule has 0 fully saturated rings. The second kappa shape index (κ2) is 10.1. The molecule has 0 saturated carbocycles. The summed E-state index contributed by atoms with van der Waals surface area (Å²) in [6.45, 7) is 7.05. The van der Waals surface area contributed by atoms with E-state index >= 15 is 0 Å². The first-order valence-corrected chi connectivity index (χ1v) is 9.65. The van der Waals surface area contributed by atoms with E-state index in [1.54, 1.807) is 17.3 Å². The molecule has 27 heavy (non-hydrogen) atoms. The van der Waals surface area contributed by atoms with Crippen molar-refractivity contribution >= 4 is 12.0 Å². The van der Waals surface area contributed by atoms with E-state index in [4.69, 9.17) is 4.74 Å². The number of nitrogens with one attached hydrogen (secondary N) is 1. The summed E-state index contributed by atoms with van der Waals surface area (Å²) in [4.78, 5) is 30.5. The van der Waals surface area contributed by atoms with Crippen LogP contribution in [0, 0.1) is 5.92 Å². The van der Waals surface area contributed by atoms with Crippen LogP contribution in [-0.4, -0.2) is 40.6 Å². The second-order valence-electron chi connectivity index (χ2n) is 7.89. The number of aromatic nitrogens is 1. The Morgan fingerprint density at radius 1 is 1.33 bits per heavy atom. The summed E-state index contributed by atoms with van der Waals surface area (Å²) in [6, 6.07) is 3.78. The number of hydrogen-bond donors (Lipinski definition) is 1. The second-order valence-corrected chi connectivity index (χ2v) is 7.89. The molecular formula is C21H31N3O3. The van der Waals surface area contributed by atoms with Gasteiger partial charge in [-0.15, -0.1) is 0 Å². The Bertz CT molecular complexity index is 638. The summed E-state index contributed by atoms with van der Waals surface area (Å²) in [6.07, 6.45) is 10.7. The van der Waals surface area contributed by atoms with Crippen molar-refractivity contribution in [1.29, 1.82) is 0 Å². The molecule has 0 radical (unpaired) electrons. The molecule has 1 heterocycles. The summed E-state index contributed by atoms with van der Waals surface area (Å²) in [5.41, 5.74) is 0.397. The van der Waals surface area contributed by atoms with Crippen molar-refractivity contribution in [3.8, 4) is 0 Å². The lowest BCUT2D eigenvalue weighted by Gasteiger charge is -2.27. The molecule has 1 aromatic rings.